The topological polar surface area (TPSA) is 9.23 Å². The lowest BCUT2D eigenvalue weighted by Gasteiger charge is -2.14. The number of benzene rings is 3. The van der Waals surface area contributed by atoms with Crippen molar-refractivity contribution >= 4 is 0 Å². The molecule has 4 heteroatoms. The number of hydrogen-bond donors (Lipinski definition) is 0. The molecule has 0 fully saturated rings. The van der Waals surface area contributed by atoms with E-state index in [1.165, 1.54) is 23.3 Å². The lowest BCUT2D eigenvalue weighted by atomic mass is 9.93. The van der Waals surface area contributed by atoms with E-state index in [0.29, 0.717) is 0 Å². The molecule has 0 N–H and O–H groups in total. The fourth-order valence-electron chi connectivity index (χ4n) is 3.22. The SMILES string of the molecule is Cc1ccc(-c2ccc(-c3ccc(OC(F)(F)F)cc3C)cc2C)cc1C. The molecular formula is C23H21F3O. The molecule has 0 heterocycles. The number of ether oxygens (including phenoxy) is 1. The molecule has 0 atom stereocenters. The molecule has 1 nitrogen and oxygen atoms in total. The lowest BCUT2D eigenvalue weighted by molar-refractivity contribution is -0.274. The van der Waals surface area contributed by atoms with Crippen molar-refractivity contribution in [1.29, 1.82) is 0 Å². The van der Waals surface area contributed by atoms with E-state index in [2.05, 4.69) is 48.9 Å². The van der Waals surface area contributed by atoms with E-state index < -0.39 is 6.36 Å². The van der Waals surface area contributed by atoms with Gasteiger partial charge in [0.1, 0.15) is 5.75 Å². The van der Waals surface area contributed by atoms with Crippen molar-refractivity contribution in [1.82, 2.24) is 0 Å². The Hall–Kier alpha value is -2.75. The zero-order chi connectivity index (χ0) is 19.8. The highest BCUT2D eigenvalue weighted by Crippen LogP contribution is 2.33. The Morgan fingerprint density at radius 3 is 1.63 bits per heavy atom. The van der Waals surface area contributed by atoms with Gasteiger partial charge in [-0.1, -0.05) is 42.5 Å². The molecule has 0 saturated heterocycles. The average Bonchev–Trinajstić information content (AvgIpc) is 2.56. The summed E-state index contributed by atoms with van der Waals surface area (Å²) >= 11 is 0. The Morgan fingerprint density at radius 2 is 1.11 bits per heavy atom. The van der Waals surface area contributed by atoms with Crippen LogP contribution in [0.4, 0.5) is 13.2 Å². The van der Waals surface area contributed by atoms with Crippen LogP contribution in [0.5, 0.6) is 5.75 Å². The summed E-state index contributed by atoms with van der Waals surface area (Å²) in [5.74, 6) is -0.202. The molecule has 0 aliphatic heterocycles. The van der Waals surface area contributed by atoms with E-state index in [0.717, 1.165) is 33.4 Å². The minimum atomic E-state index is -4.68. The summed E-state index contributed by atoms with van der Waals surface area (Å²) in [6.07, 6.45) is -4.68. The van der Waals surface area contributed by atoms with Crippen molar-refractivity contribution in [2.24, 2.45) is 0 Å². The van der Waals surface area contributed by atoms with Crippen molar-refractivity contribution in [2.45, 2.75) is 34.1 Å². The van der Waals surface area contributed by atoms with Crippen molar-refractivity contribution in [3.8, 4) is 28.0 Å². The van der Waals surface area contributed by atoms with Crippen LogP contribution in [0.1, 0.15) is 22.3 Å². The van der Waals surface area contributed by atoms with Crippen LogP contribution in [0.15, 0.2) is 54.6 Å². The van der Waals surface area contributed by atoms with Gasteiger partial charge in [0.15, 0.2) is 0 Å². The van der Waals surface area contributed by atoms with Gasteiger partial charge in [-0.25, -0.2) is 0 Å². The van der Waals surface area contributed by atoms with E-state index in [1.54, 1.807) is 13.0 Å². The summed E-state index contributed by atoms with van der Waals surface area (Å²) < 4.78 is 41.2. The summed E-state index contributed by atoms with van der Waals surface area (Å²) in [6, 6.07) is 17.0. The van der Waals surface area contributed by atoms with Crippen LogP contribution < -0.4 is 4.74 Å². The van der Waals surface area contributed by atoms with Gasteiger partial charge < -0.3 is 4.74 Å². The molecule has 0 radical (unpaired) electrons. The van der Waals surface area contributed by atoms with Gasteiger partial charge in [-0.15, -0.1) is 13.2 Å². The standard InChI is InChI=1S/C23H21F3O/c1-14-5-6-18(11-15(14)2)21-9-7-19(12-16(21)3)22-10-8-20(13-17(22)4)27-23(24,25)26/h5-13H,1-4H3. The minimum absolute atomic E-state index is 0.202. The minimum Gasteiger partial charge on any atom is -0.406 e. The summed E-state index contributed by atoms with van der Waals surface area (Å²) in [5, 5.41) is 0. The van der Waals surface area contributed by atoms with Crippen LogP contribution in [0, 0.1) is 27.7 Å². The predicted molar refractivity (Wildman–Crippen MR) is 103 cm³/mol. The van der Waals surface area contributed by atoms with Gasteiger partial charge in [0.25, 0.3) is 0 Å². The number of rotatable bonds is 3. The van der Waals surface area contributed by atoms with Gasteiger partial charge >= 0.3 is 6.36 Å². The Balaban J connectivity index is 1.94. The van der Waals surface area contributed by atoms with Gasteiger partial charge in [0.05, 0.1) is 0 Å². The molecule has 0 spiro atoms. The van der Waals surface area contributed by atoms with Gasteiger partial charge in [0, 0.05) is 0 Å². The fraction of sp³-hybridized carbons (Fsp3) is 0.217. The summed E-state index contributed by atoms with van der Waals surface area (Å²) in [7, 11) is 0. The normalized spacial score (nSPS) is 11.5. The second-order valence-electron chi connectivity index (χ2n) is 6.85. The van der Waals surface area contributed by atoms with Crippen molar-refractivity contribution in [2.75, 3.05) is 0 Å². The van der Waals surface area contributed by atoms with Crippen LogP contribution in [-0.4, -0.2) is 6.36 Å². The molecule has 0 aliphatic carbocycles. The largest absolute Gasteiger partial charge is 0.573 e. The molecule has 3 rings (SSSR count). The van der Waals surface area contributed by atoms with Gasteiger partial charge in [0.2, 0.25) is 0 Å². The third-order valence-electron chi connectivity index (χ3n) is 4.79. The molecule has 0 saturated carbocycles. The summed E-state index contributed by atoms with van der Waals surface area (Å²) in [4.78, 5) is 0. The zero-order valence-corrected chi connectivity index (χ0v) is 15.7. The average molecular weight is 370 g/mol. The Bertz CT molecular complexity index is 987. The van der Waals surface area contributed by atoms with Crippen molar-refractivity contribution in [3.63, 3.8) is 0 Å². The maximum Gasteiger partial charge on any atom is 0.573 e. The summed E-state index contributed by atoms with van der Waals surface area (Å²) in [5.41, 5.74) is 8.51. The Morgan fingerprint density at radius 1 is 0.593 bits per heavy atom. The number of aryl methyl sites for hydroxylation is 4. The van der Waals surface area contributed by atoms with Gasteiger partial charge in [-0.3, -0.25) is 0 Å². The van der Waals surface area contributed by atoms with E-state index in [-0.39, 0.29) is 5.75 Å². The maximum atomic E-state index is 12.4. The first kappa shape index (κ1) is 19.0. The van der Waals surface area contributed by atoms with Crippen molar-refractivity contribution < 1.29 is 17.9 Å². The maximum absolute atomic E-state index is 12.4. The van der Waals surface area contributed by atoms with E-state index in [9.17, 15) is 13.2 Å². The predicted octanol–water partition coefficient (Wildman–Crippen LogP) is 7.15. The van der Waals surface area contributed by atoms with Crippen LogP contribution >= 0.6 is 0 Å². The van der Waals surface area contributed by atoms with Gasteiger partial charge in [-0.05, 0) is 84.3 Å². The quantitative estimate of drug-likeness (QED) is 0.475. The molecule has 3 aromatic rings. The van der Waals surface area contributed by atoms with E-state index in [4.69, 9.17) is 0 Å². The number of halogens is 3. The van der Waals surface area contributed by atoms with E-state index in [1.807, 2.05) is 13.0 Å². The van der Waals surface area contributed by atoms with Gasteiger partial charge in [-0.2, -0.15) is 0 Å². The van der Waals surface area contributed by atoms with Crippen LogP contribution in [-0.2, 0) is 0 Å². The molecule has 27 heavy (non-hydrogen) atoms. The first-order chi connectivity index (χ1) is 12.6. The Kier molecular flexibility index (Phi) is 5.01. The molecule has 0 unspecified atom stereocenters. The molecule has 140 valence electrons. The molecule has 0 aliphatic rings. The first-order valence-electron chi connectivity index (χ1n) is 8.69. The number of alkyl halides is 3. The molecular weight excluding hydrogens is 349 g/mol. The number of hydrogen-bond acceptors (Lipinski definition) is 1. The highest BCUT2D eigenvalue weighted by molar-refractivity contribution is 5.75. The molecule has 3 aromatic carbocycles. The molecule has 0 bridgehead atoms. The third-order valence-corrected chi connectivity index (χ3v) is 4.79. The zero-order valence-electron chi connectivity index (χ0n) is 15.7. The third kappa shape index (κ3) is 4.33. The van der Waals surface area contributed by atoms with Crippen LogP contribution in [0.2, 0.25) is 0 Å². The van der Waals surface area contributed by atoms with Crippen LogP contribution in [0.3, 0.4) is 0 Å². The highest BCUT2D eigenvalue weighted by Gasteiger charge is 2.31. The van der Waals surface area contributed by atoms with Crippen LogP contribution in [0.25, 0.3) is 22.3 Å². The monoisotopic (exact) mass is 370 g/mol. The summed E-state index contributed by atoms with van der Waals surface area (Å²) in [6.45, 7) is 8.01. The van der Waals surface area contributed by atoms with E-state index >= 15 is 0 Å². The fourth-order valence-corrected chi connectivity index (χ4v) is 3.22. The molecule has 0 aromatic heterocycles. The lowest BCUT2D eigenvalue weighted by Crippen LogP contribution is -2.17. The second kappa shape index (κ2) is 7.10. The first-order valence-corrected chi connectivity index (χ1v) is 8.69. The highest BCUT2D eigenvalue weighted by atomic mass is 19.4. The second-order valence-corrected chi connectivity index (χ2v) is 6.85. The Labute approximate surface area is 157 Å². The molecule has 0 amide bonds. The smallest absolute Gasteiger partial charge is 0.406 e. The van der Waals surface area contributed by atoms with Crippen molar-refractivity contribution in [3.05, 3.63) is 76.9 Å².